The average molecular weight is 492 g/mol. The van der Waals surface area contributed by atoms with E-state index in [9.17, 15) is 19.5 Å². The van der Waals surface area contributed by atoms with E-state index in [2.05, 4.69) is 0 Å². The highest BCUT2D eigenvalue weighted by Crippen LogP contribution is 2.53. The fourth-order valence-corrected chi connectivity index (χ4v) is 5.10. The number of ketones is 1. The highest BCUT2D eigenvalue weighted by Gasteiger charge is 2.66. The molecule has 2 aliphatic heterocycles. The molecular formula is C28H33N3O5. The molecule has 190 valence electrons. The number of benzene rings is 2. The van der Waals surface area contributed by atoms with Crippen LogP contribution in [0.4, 0.5) is 5.69 Å². The summed E-state index contributed by atoms with van der Waals surface area (Å²) in [6, 6.07) is 13.9. The van der Waals surface area contributed by atoms with Crippen molar-refractivity contribution >= 4 is 29.0 Å². The molecule has 0 radical (unpaired) electrons. The number of hydrogen-bond donors (Lipinski definition) is 1. The number of likely N-dealkylation sites (N-methyl/N-ethyl adjacent to an activating group) is 1. The number of nitrogens with zero attached hydrogens (tertiary/aromatic N) is 3. The van der Waals surface area contributed by atoms with Crippen LogP contribution in [0.2, 0.25) is 0 Å². The van der Waals surface area contributed by atoms with Crippen LogP contribution in [0, 0.1) is 0 Å². The second kappa shape index (κ2) is 10.1. The van der Waals surface area contributed by atoms with Crippen LogP contribution < -0.4 is 9.64 Å². The van der Waals surface area contributed by atoms with Gasteiger partial charge in [0.05, 0.1) is 17.9 Å². The van der Waals surface area contributed by atoms with E-state index in [-0.39, 0.29) is 17.9 Å². The molecule has 1 unspecified atom stereocenters. The Labute approximate surface area is 211 Å². The summed E-state index contributed by atoms with van der Waals surface area (Å²) in [6.07, 6.45) is 1.42. The predicted octanol–water partition coefficient (Wildman–Crippen LogP) is 3.37. The molecule has 8 nitrogen and oxygen atoms in total. The SMILES string of the molecule is CCCOc1ccc(C(O)=C2C(=O)C(=O)N(CCCN(C)C)C23C(=O)N(CC)c2ccccc23)cc1. The van der Waals surface area contributed by atoms with Gasteiger partial charge >= 0.3 is 0 Å². The van der Waals surface area contributed by atoms with Crippen LogP contribution in [0.25, 0.3) is 5.76 Å². The second-order valence-corrected chi connectivity index (χ2v) is 9.32. The van der Waals surface area contributed by atoms with Gasteiger partial charge in [0.25, 0.3) is 17.6 Å². The van der Waals surface area contributed by atoms with Crippen molar-refractivity contribution in [1.29, 1.82) is 0 Å². The summed E-state index contributed by atoms with van der Waals surface area (Å²) in [4.78, 5) is 46.0. The molecule has 2 aromatic carbocycles. The van der Waals surface area contributed by atoms with Crippen LogP contribution in [0.5, 0.6) is 5.75 Å². The standard InChI is InChI=1S/C28H33N3O5/c1-5-18-36-20-14-12-19(13-15-20)24(32)23-25(33)26(34)31(17-9-16-29(3)4)28(23)21-10-7-8-11-22(21)30(6-2)27(28)35/h7-8,10-15,32H,5-6,9,16-18H2,1-4H3. The minimum atomic E-state index is -1.71. The van der Waals surface area contributed by atoms with Gasteiger partial charge in [-0.1, -0.05) is 25.1 Å². The van der Waals surface area contributed by atoms with Crippen LogP contribution in [-0.2, 0) is 19.9 Å². The van der Waals surface area contributed by atoms with Crippen LogP contribution in [-0.4, -0.2) is 72.8 Å². The Morgan fingerprint density at radius 1 is 1.03 bits per heavy atom. The number of amides is 2. The Morgan fingerprint density at radius 2 is 1.72 bits per heavy atom. The number of carbonyl (C=O) groups excluding carboxylic acids is 3. The van der Waals surface area contributed by atoms with Gasteiger partial charge in [-0.2, -0.15) is 0 Å². The largest absolute Gasteiger partial charge is 0.507 e. The maximum Gasteiger partial charge on any atom is 0.296 e. The summed E-state index contributed by atoms with van der Waals surface area (Å²) in [7, 11) is 3.85. The third kappa shape index (κ3) is 3.95. The summed E-state index contributed by atoms with van der Waals surface area (Å²) in [6.45, 7) is 5.65. The van der Waals surface area contributed by atoms with Crippen molar-refractivity contribution in [1.82, 2.24) is 9.80 Å². The first-order valence-electron chi connectivity index (χ1n) is 12.4. The lowest BCUT2D eigenvalue weighted by Crippen LogP contribution is -2.52. The van der Waals surface area contributed by atoms with Gasteiger partial charge in [-0.25, -0.2) is 0 Å². The van der Waals surface area contributed by atoms with Crippen molar-refractivity contribution in [2.45, 2.75) is 32.2 Å². The number of hydrogen-bond acceptors (Lipinski definition) is 6. The van der Waals surface area contributed by atoms with E-state index in [0.29, 0.717) is 48.7 Å². The summed E-state index contributed by atoms with van der Waals surface area (Å²) in [5.41, 5.74) is -0.393. The molecule has 0 bridgehead atoms. The first kappa shape index (κ1) is 25.4. The Hall–Kier alpha value is -3.65. The maximum absolute atomic E-state index is 14.1. The number of rotatable bonds is 9. The fraction of sp³-hybridized carbons (Fsp3) is 0.393. The van der Waals surface area contributed by atoms with Gasteiger partial charge in [0.1, 0.15) is 11.5 Å². The minimum absolute atomic E-state index is 0.187. The number of carbonyl (C=O) groups is 3. The Balaban J connectivity index is 1.91. The van der Waals surface area contributed by atoms with Gasteiger partial charge in [0, 0.05) is 24.2 Å². The molecule has 1 N–H and O–H groups in total. The van der Waals surface area contributed by atoms with Crippen molar-refractivity contribution in [3.8, 4) is 5.75 Å². The Bertz CT molecular complexity index is 1200. The topological polar surface area (TPSA) is 90.4 Å². The number of likely N-dealkylation sites (tertiary alicyclic amines) is 1. The van der Waals surface area contributed by atoms with Crippen molar-refractivity contribution < 1.29 is 24.2 Å². The van der Waals surface area contributed by atoms with Crippen molar-refractivity contribution in [3.05, 3.63) is 65.2 Å². The summed E-state index contributed by atoms with van der Waals surface area (Å²) < 4.78 is 5.63. The zero-order chi connectivity index (χ0) is 26.0. The number of Topliss-reactive ketones (excluding diaryl/α,β-unsaturated/α-hetero) is 1. The van der Waals surface area contributed by atoms with E-state index in [1.807, 2.05) is 45.0 Å². The molecule has 4 rings (SSSR count). The molecule has 2 aromatic rings. The summed E-state index contributed by atoms with van der Waals surface area (Å²) in [5, 5.41) is 11.5. The van der Waals surface area contributed by atoms with Gasteiger partial charge in [0.2, 0.25) is 0 Å². The van der Waals surface area contributed by atoms with Crippen LogP contribution in [0.15, 0.2) is 54.1 Å². The van der Waals surface area contributed by atoms with Crippen molar-refractivity contribution in [3.63, 3.8) is 0 Å². The van der Waals surface area contributed by atoms with Crippen LogP contribution in [0.1, 0.15) is 37.8 Å². The molecule has 0 aromatic heterocycles. The number of aliphatic hydroxyl groups is 1. The Morgan fingerprint density at radius 3 is 2.36 bits per heavy atom. The molecule has 2 heterocycles. The molecule has 8 heteroatoms. The number of para-hydroxylation sites is 1. The third-order valence-corrected chi connectivity index (χ3v) is 6.71. The average Bonchev–Trinajstić information content (AvgIpc) is 3.25. The molecule has 36 heavy (non-hydrogen) atoms. The highest BCUT2D eigenvalue weighted by molar-refractivity contribution is 6.50. The third-order valence-electron chi connectivity index (χ3n) is 6.71. The lowest BCUT2D eigenvalue weighted by atomic mass is 9.82. The molecule has 2 aliphatic rings. The summed E-state index contributed by atoms with van der Waals surface area (Å²) in [5.74, 6) is -1.78. The molecule has 1 atom stereocenters. The van der Waals surface area contributed by atoms with E-state index in [1.54, 1.807) is 41.3 Å². The molecule has 1 spiro atoms. The molecule has 0 aliphatic carbocycles. The van der Waals surface area contributed by atoms with Gasteiger partial charge in [-0.3, -0.25) is 14.4 Å². The minimum Gasteiger partial charge on any atom is -0.507 e. The predicted molar refractivity (Wildman–Crippen MR) is 138 cm³/mol. The zero-order valence-corrected chi connectivity index (χ0v) is 21.3. The van der Waals surface area contributed by atoms with Gasteiger partial charge in [0.15, 0.2) is 5.54 Å². The van der Waals surface area contributed by atoms with E-state index in [4.69, 9.17) is 4.74 Å². The van der Waals surface area contributed by atoms with E-state index >= 15 is 0 Å². The Kier molecular flexibility index (Phi) is 7.17. The number of fused-ring (bicyclic) bond motifs is 2. The monoisotopic (exact) mass is 491 g/mol. The van der Waals surface area contributed by atoms with E-state index in [1.165, 1.54) is 4.90 Å². The fourth-order valence-electron chi connectivity index (χ4n) is 5.10. The van der Waals surface area contributed by atoms with E-state index < -0.39 is 23.1 Å². The quantitative estimate of drug-likeness (QED) is 0.329. The lowest BCUT2D eigenvalue weighted by molar-refractivity contribution is -0.143. The lowest BCUT2D eigenvalue weighted by Gasteiger charge is -2.34. The van der Waals surface area contributed by atoms with Gasteiger partial charge < -0.3 is 24.5 Å². The number of aliphatic hydroxyl groups excluding tert-OH is 1. The smallest absolute Gasteiger partial charge is 0.296 e. The zero-order valence-electron chi connectivity index (χ0n) is 21.3. The van der Waals surface area contributed by atoms with Gasteiger partial charge in [-0.05, 0) is 70.7 Å². The maximum atomic E-state index is 14.1. The van der Waals surface area contributed by atoms with Gasteiger partial charge in [-0.15, -0.1) is 0 Å². The highest BCUT2D eigenvalue weighted by atomic mass is 16.5. The van der Waals surface area contributed by atoms with Crippen molar-refractivity contribution in [2.24, 2.45) is 0 Å². The van der Waals surface area contributed by atoms with Crippen LogP contribution in [0.3, 0.4) is 0 Å². The first-order chi connectivity index (χ1) is 17.3. The molecule has 2 amide bonds. The first-order valence-corrected chi connectivity index (χ1v) is 12.4. The van der Waals surface area contributed by atoms with Crippen LogP contribution >= 0.6 is 0 Å². The number of anilines is 1. The molecule has 1 fully saturated rings. The number of ether oxygens (including phenoxy) is 1. The molecule has 1 saturated heterocycles. The van der Waals surface area contributed by atoms with Crippen molar-refractivity contribution in [2.75, 3.05) is 45.2 Å². The second-order valence-electron chi connectivity index (χ2n) is 9.32. The normalized spacial score (nSPS) is 20.6. The molecular weight excluding hydrogens is 458 g/mol. The molecule has 0 saturated carbocycles. The summed E-state index contributed by atoms with van der Waals surface area (Å²) >= 11 is 0. The van der Waals surface area contributed by atoms with E-state index in [0.717, 1.165) is 6.42 Å².